The summed E-state index contributed by atoms with van der Waals surface area (Å²) in [6.45, 7) is 2.72. The van der Waals surface area contributed by atoms with E-state index in [-0.39, 0.29) is 12.1 Å². The molecule has 2 fully saturated rings. The Kier molecular flexibility index (Phi) is 7.75. The number of hydrogen-bond acceptors (Lipinski definition) is 7. The molecule has 2 saturated heterocycles. The first-order chi connectivity index (χ1) is 16.7. The lowest BCUT2D eigenvalue weighted by atomic mass is 9.90. The van der Waals surface area contributed by atoms with Crippen molar-refractivity contribution in [1.29, 1.82) is 0 Å². The number of nitrogens with zero attached hydrogens (tertiary/aromatic N) is 5. The highest BCUT2D eigenvalue weighted by atomic mass is 32.2. The van der Waals surface area contributed by atoms with E-state index in [9.17, 15) is 13.2 Å². The van der Waals surface area contributed by atoms with Gasteiger partial charge in [0, 0.05) is 52.0 Å². The molecule has 2 amide bonds. The molecule has 1 atom stereocenters. The number of sulfonamides is 1. The van der Waals surface area contributed by atoms with Gasteiger partial charge in [-0.05, 0) is 49.3 Å². The third-order valence-electron chi connectivity index (χ3n) is 6.68. The molecule has 2 N–H and O–H groups in total. The zero-order chi connectivity index (χ0) is 25.0. The van der Waals surface area contributed by atoms with Crippen LogP contribution in [0.2, 0.25) is 0 Å². The zero-order valence-electron chi connectivity index (χ0n) is 20.6. The molecule has 0 saturated carbocycles. The number of amides is 2. The van der Waals surface area contributed by atoms with Crippen molar-refractivity contribution in [2.75, 3.05) is 56.7 Å². The molecule has 3 heterocycles. The summed E-state index contributed by atoms with van der Waals surface area (Å²) in [5.41, 5.74) is 2.14. The topological polar surface area (TPSA) is 111 Å². The summed E-state index contributed by atoms with van der Waals surface area (Å²) in [4.78, 5) is 24.9. The van der Waals surface area contributed by atoms with E-state index in [1.165, 1.54) is 11.8 Å². The first-order valence-electron chi connectivity index (χ1n) is 12.1. The Hall–Kier alpha value is -2.92. The number of carbonyl (C=O) groups excluding carboxylic acids is 1. The van der Waals surface area contributed by atoms with Crippen molar-refractivity contribution in [3.05, 3.63) is 42.2 Å². The Labute approximate surface area is 207 Å². The fourth-order valence-electron chi connectivity index (χ4n) is 4.68. The van der Waals surface area contributed by atoms with E-state index in [2.05, 4.69) is 32.7 Å². The van der Waals surface area contributed by atoms with Gasteiger partial charge in [-0.25, -0.2) is 22.5 Å². The molecule has 11 heteroatoms. The Morgan fingerprint density at radius 3 is 2.43 bits per heavy atom. The second kappa shape index (κ2) is 10.8. The third-order valence-corrected chi connectivity index (χ3v) is 7.98. The SMILES string of the molecule is CN(C)C(=O)N[C@@H]1CCCN(c2cncc(Nc3ccc(C4CCN(S(C)(=O)=O)CC4)cc3)n2)C1. The van der Waals surface area contributed by atoms with Gasteiger partial charge in [-0.15, -0.1) is 0 Å². The van der Waals surface area contributed by atoms with Crippen molar-refractivity contribution >= 4 is 33.4 Å². The number of hydrogen-bond donors (Lipinski definition) is 2. The number of aromatic nitrogens is 2. The molecule has 35 heavy (non-hydrogen) atoms. The van der Waals surface area contributed by atoms with Gasteiger partial charge in [-0.1, -0.05) is 12.1 Å². The van der Waals surface area contributed by atoms with Gasteiger partial charge < -0.3 is 20.4 Å². The minimum absolute atomic E-state index is 0.0777. The van der Waals surface area contributed by atoms with Gasteiger partial charge in [0.05, 0.1) is 18.6 Å². The fraction of sp³-hybridized carbons (Fsp3) is 0.542. The standard InChI is InChI=1S/C24H35N7O3S/c1-29(2)24(32)27-21-5-4-12-30(17-21)23-16-25-15-22(28-23)26-20-8-6-18(7-9-20)19-10-13-31(14-11-19)35(3,33)34/h6-9,15-16,19,21H,4-5,10-14,17H2,1-3H3,(H,26,28)(H,27,32)/t21-/m1/s1. The normalized spacial score (nSPS) is 19.9. The minimum atomic E-state index is -3.11. The van der Waals surface area contributed by atoms with Crippen molar-refractivity contribution < 1.29 is 13.2 Å². The maximum atomic E-state index is 12.0. The largest absolute Gasteiger partial charge is 0.353 e. The molecule has 0 aliphatic carbocycles. The second-order valence-corrected chi connectivity index (χ2v) is 11.6. The number of nitrogens with one attached hydrogen (secondary N) is 2. The number of carbonyl (C=O) groups is 1. The number of anilines is 3. The van der Waals surface area contributed by atoms with E-state index >= 15 is 0 Å². The summed E-state index contributed by atoms with van der Waals surface area (Å²) in [6.07, 6.45) is 8.32. The predicted octanol–water partition coefficient (Wildman–Crippen LogP) is 2.60. The lowest BCUT2D eigenvalue weighted by Crippen LogP contribution is -2.50. The van der Waals surface area contributed by atoms with Crippen LogP contribution in [-0.4, -0.2) is 86.2 Å². The van der Waals surface area contributed by atoms with Crippen molar-refractivity contribution in [3.63, 3.8) is 0 Å². The number of benzene rings is 1. The van der Waals surface area contributed by atoms with Crippen LogP contribution in [0.15, 0.2) is 36.7 Å². The molecule has 1 aromatic heterocycles. The molecule has 0 radical (unpaired) electrons. The van der Waals surface area contributed by atoms with Crippen LogP contribution in [0.5, 0.6) is 0 Å². The fourth-order valence-corrected chi connectivity index (χ4v) is 5.56. The van der Waals surface area contributed by atoms with Crippen LogP contribution in [0.1, 0.15) is 37.2 Å². The van der Waals surface area contributed by atoms with E-state index < -0.39 is 10.0 Å². The summed E-state index contributed by atoms with van der Waals surface area (Å²) in [6, 6.07) is 8.25. The van der Waals surface area contributed by atoms with Crippen molar-refractivity contribution in [1.82, 2.24) is 24.5 Å². The Morgan fingerprint density at radius 1 is 1.06 bits per heavy atom. The molecule has 1 aromatic carbocycles. The smallest absolute Gasteiger partial charge is 0.317 e. The number of rotatable bonds is 6. The van der Waals surface area contributed by atoms with E-state index in [1.807, 2.05) is 12.1 Å². The van der Waals surface area contributed by atoms with Crippen LogP contribution in [0.3, 0.4) is 0 Å². The van der Waals surface area contributed by atoms with Crippen LogP contribution < -0.4 is 15.5 Å². The first kappa shape index (κ1) is 25.2. The van der Waals surface area contributed by atoms with Crippen molar-refractivity contribution in [3.8, 4) is 0 Å². The molecular weight excluding hydrogens is 466 g/mol. The molecule has 0 unspecified atom stereocenters. The summed E-state index contributed by atoms with van der Waals surface area (Å²) in [5, 5.41) is 6.40. The summed E-state index contributed by atoms with van der Waals surface area (Å²) >= 11 is 0. The van der Waals surface area contributed by atoms with Gasteiger partial charge >= 0.3 is 6.03 Å². The minimum Gasteiger partial charge on any atom is -0.353 e. The first-order valence-corrected chi connectivity index (χ1v) is 13.9. The van der Waals surface area contributed by atoms with Crippen molar-refractivity contribution in [2.45, 2.75) is 37.6 Å². The molecule has 2 aliphatic heterocycles. The third kappa shape index (κ3) is 6.61. The highest BCUT2D eigenvalue weighted by Crippen LogP contribution is 2.30. The van der Waals surface area contributed by atoms with Crippen LogP contribution in [-0.2, 0) is 10.0 Å². The molecule has 4 rings (SSSR count). The molecule has 190 valence electrons. The summed E-state index contributed by atoms with van der Waals surface area (Å²) in [7, 11) is 0.372. The lowest BCUT2D eigenvalue weighted by Gasteiger charge is -2.34. The van der Waals surface area contributed by atoms with Gasteiger partial charge in [0.1, 0.15) is 5.82 Å². The quantitative estimate of drug-likeness (QED) is 0.626. The van der Waals surface area contributed by atoms with Gasteiger partial charge in [0.2, 0.25) is 10.0 Å². The van der Waals surface area contributed by atoms with Gasteiger partial charge in [0.15, 0.2) is 5.82 Å². The van der Waals surface area contributed by atoms with Crippen LogP contribution in [0.25, 0.3) is 0 Å². The van der Waals surface area contributed by atoms with E-state index in [0.717, 1.165) is 43.7 Å². The maximum absolute atomic E-state index is 12.0. The van der Waals surface area contributed by atoms with Crippen LogP contribution >= 0.6 is 0 Å². The average Bonchev–Trinajstić information content (AvgIpc) is 2.84. The monoisotopic (exact) mass is 501 g/mol. The van der Waals surface area contributed by atoms with Crippen molar-refractivity contribution in [2.24, 2.45) is 0 Å². The number of piperidine rings is 2. The molecule has 2 aliphatic rings. The molecular formula is C24H35N7O3S. The van der Waals surface area contributed by atoms with Gasteiger partial charge in [0.25, 0.3) is 0 Å². The van der Waals surface area contributed by atoms with E-state index in [1.54, 1.807) is 35.7 Å². The maximum Gasteiger partial charge on any atom is 0.317 e. The Morgan fingerprint density at radius 2 is 1.77 bits per heavy atom. The second-order valence-electron chi connectivity index (χ2n) is 9.57. The lowest BCUT2D eigenvalue weighted by molar-refractivity contribution is 0.211. The Balaban J connectivity index is 1.35. The van der Waals surface area contributed by atoms with E-state index in [4.69, 9.17) is 4.98 Å². The Bertz CT molecular complexity index is 1120. The van der Waals surface area contributed by atoms with Gasteiger partial charge in [-0.2, -0.15) is 0 Å². The molecule has 10 nitrogen and oxygen atoms in total. The zero-order valence-corrected chi connectivity index (χ0v) is 21.5. The molecule has 0 spiro atoms. The van der Waals surface area contributed by atoms with Gasteiger partial charge in [-0.3, -0.25) is 4.98 Å². The van der Waals surface area contributed by atoms with Crippen LogP contribution in [0, 0.1) is 0 Å². The molecule has 2 aromatic rings. The highest BCUT2D eigenvalue weighted by Gasteiger charge is 2.26. The number of urea groups is 1. The van der Waals surface area contributed by atoms with Crippen LogP contribution in [0.4, 0.5) is 22.1 Å². The summed E-state index contributed by atoms with van der Waals surface area (Å²) < 4.78 is 25.0. The average molecular weight is 502 g/mol. The summed E-state index contributed by atoms with van der Waals surface area (Å²) in [5.74, 6) is 1.81. The van der Waals surface area contributed by atoms with E-state index in [0.29, 0.717) is 31.4 Å². The molecule has 0 bridgehead atoms. The highest BCUT2D eigenvalue weighted by molar-refractivity contribution is 7.88. The predicted molar refractivity (Wildman–Crippen MR) is 138 cm³/mol.